The number of carboxylic acid groups (broad SMARTS) is 1. The Balaban J connectivity index is 2.40. The maximum atomic E-state index is 11.7. The van der Waals surface area contributed by atoms with Gasteiger partial charge in [-0.25, -0.2) is 9.59 Å². The summed E-state index contributed by atoms with van der Waals surface area (Å²) in [6.45, 7) is 5.34. The summed E-state index contributed by atoms with van der Waals surface area (Å²) in [5.41, 5.74) is -1.26. The van der Waals surface area contributed by atoms with Gasteiger partial charge in [0.25, 0.3) is 0 Å². The number of urea groups is 1. The van der Waals surface area contributed by atoms with Crippen LogP contribution in [-0.2, 0) is 11.2 Å². The zero-order valence-corrected chi connectivity index (χ0v) is 11.9. The van der Waals surface area contributed by atoms with Gasteiger partial charge >= 0.3 is 12.0 Å². The monoisotopic (exact) mass is 284 g/mol. The zero-order valence-electron chi connectivity index (χ0n) is 11.9. The fraction of sp³-hybridized carbons (Fsp3) is 0.667. The molecule has 0 radical (unpaired) electrons. The molecular formula is C12H20N4O4. The summed E-state index contributed by atoms with van der Waals surface area (Å²) >= 11 is 0. The van der Waals surface area contributed by atoms with Crippen molar-refractivity contribution in [3.05, 3.63) is 11.7 Å². The largest absolute Gasteiger partial charge is 0.480 e. The molecule has 8 nitrogen and oxygen atoms in total. The minimum Gasteiger partial charge on any atom is -0.480 e. The number of aryl methyl sites for hydroxylation is 1. The number of carboxylic acids is 1. The van der Waals surface area contributed by atoms with Gasteiger partial charge in [-0.15, -0.1) is 0 Å². The number of rotatable bonds is 7. The number of aromatic nitrogens is 2. The summed E-state index contributed by atoms with van der Waals surface area (Å²) in [6, 6.07) is -0.528. The number of nitrogens with zero attached hydrogens (tertiary/aromatic N) is 2. The smallest absolute Gasteiger partial charge is 0.329 e. The lowest BCUT2D eigenvalue weighted by atomic mass is 9.97. The second-order valence-corrected chi connectivity index (χ2v) is 4.75. The van der Waals surface area contributed by atoms with Crippen LogP contribution in [0.4, 0.5) is 4.79 Å². The van der Waals surface area contributed by atoms with Crippen LogP contribution in [0.5, 0.6) is 0 Å². The molecule has 0 aromatic carbocycles. The van der Waals surface area contributed by atoms with E-state index in [4.69, 9.17) is 9.63 Å². The first kappa shape index (κ1) is 15.9. The maximum Gasteiger partial charge on any atom is 0.329 e. The first-order chi connectivity index (χ1) is 9.37. The van der Waals surface area contributed by atoms with Gasteiger partial charge in [-0.3, -0.25) is 0 Å². The highest BCUT2D eigenvalue weighted by Gasteiger charge is 2.33. The van der Waals surface area contributed by atoms with E-state index < -0.39 is 17.5 Å². The highest BCUT2D eigenvalue weighted by Crippen LogP contribution is 2.12. The average Bonchev–Trinajstić information content (AvgIpc) is 2.75. The van der Waals surface area contributed by atoms with Gasteiger partial charge < -0.3 is 20.3 Å². The normalized spacial score (nSPS) is 13.6. The maximum absolute atomic E-state index is 11.7. The molecule has 1 aromatic heterocycles. The summed E-state index contributed by atoms with van der Waals surface area (Å²) in [6.07, 6.45) is 1.41. The fourth-order valence-corrected chi connectivity index (χ4v) is 1.74. The molecule has 1 rings (SSSR count). The van der Waals surface area contributed by atoms with E-state index in [1.54, 1.807) is 6.92 Å². The highest BCUT2D eigenvalue weighted by molar-refractivity contribution is 5.85. The standard InChI is InChI=1S/C12H20N4O4/c1-4-6-12(3,10(17)18)15-11(19)13-7-5-9-14-8(2)16-20-9/h4-7H2,1-3H3,(H,17,18)(H2,13,15,19). The number of carbonyl (C=O) groups excluding carboxylic acids is 1. The zero-order chi connectivity index (χ0) is 15.2. The number of nitrogens with one attached hydrogen (secondary N) is 2. The second-order valence-electron chi connectivity index (χ2n) is 4.75. The van der Waals surface area contributed by atoms with Crippen LogP contribution in [0.3, 0.4) is 0 Å². The number of aliphatic carboxylic acids is 1. The summed E-state index contributed by atoms with van der Waals surface area (Å²) < 4.78 is 4.90. The molecule has 0 saturated heterocycles. The van der Waals surface area contributed by atoms with Crippen LogP contribution in [0.25, 0.3) is 0 Å². The van der Waals surface area contributed by atoms with Crippen molar-refractivity contribution in [2.24, 2.45) is 0 Å². The van der Waals surface area contributed by atoms with Crippen LogP contribution in [0.2, 0.25) is 0 Å². The van der Waals surface area contributed by atoms with Crippen LogP contribution in [-0.4, -0.2) is 39.3 Å². The summed E-state index contributed by atoms with van der Waals surface area (Å²) in [7, 11) is 0. The van der Waals surface area contributed by atoms with Crippen LogP contribution >= 0.6 is 0 Å². The summed E-state index contributed by atoms with van der Waals surface area (Å²) in [5.74, 6) is -0.0924. The Morgan fingerprint density at radius 3 is 2.65 bits per heavy atom. The minimum absolute atomic E-state index is 0.287. The molecule has 0 spiro atoms. The quantitative estimate of drug-likeness (QED) is 0.683. The predicted octanol–water partition coefficient (Wildman–Crippen LogP) is 0.863. The molecule has 0 aliphatic rings. The van der Waals surface area contributed by atoms with Crippen LogP contribution < -0.4 is 10.6 Å². The molecule has 0 fully saturated rings. The van der Waals surface area contributed by atoms with Crippen LogP contribution in [0, 0.1) is 6.92 Å². The van der Waals surface area contributed by atoms with E-state index in [2.05, 4.69) is 20.8 Å². The second kappa shape index (κ2) is 6.88. The van der Waals surface area contributed by atoms with Crippen molar-refractivity contribution < 1.29 is 19.2 Å². The lowest BCUT2D eigenvalue weighted by molar-refractivity contribution is -0.144. The van der Waals surface area contributed by atoms with E-state index in [0.717, 1.165) is 0 Å². The molecule has 2 amide bonds. The Kier molecular flexibility index (Phi) is 5.48. The minimum atomic E-state index is -1.26. The van der Waals surface area contributed by atoms with Gasteiger partial charge in [-0.05, 0) is 20.3 Å². The molecular weight excluding hydrogens is 264 g/mol. The number of hydrogen-bond donors (Lipinski definition) is 3. The first-order valence-electron chi connectivity index (χ1n) is 6.46. The first-order valence-corrected chi connectivity index (χ1v) is 6.46. The van der Waals surface area contributed by atoms with Crippen LogP contribution in [0.1, 0.15) is 38.4 Å². The van der Waals surface area contributed by atoms with Crippen molar-refractivity contribution >= 4 is 12.0 Å². The third kappa shape index (κ3) is 4.52. The number of carbonyl (C=O) groups is 2. The van der Waals surface area contributed by atoms with Crippen molar-refractivity contribution in [2.45, 2.75) is 45.6 Å². The third-order valence-corrected chi connectivity index (χ3v) is 2.81. The molecule has 0 aliphatic heterocycles. The molecule has 0 saturated carbocycles. The lowest BCUT2D eigenvalue weighted by Crippen LogP contribution is -2.55. The molecule has 1 unspecified atom stereocenters. The Morgan fingerprint density at radius 2 is 2.15 bits per heavy atom. The van der Waals surface area contributed by atoms with Gasteiger partial charge in [-0.1, -0.05) is 18.5 Å². The Labute approximate surface area is 116 Å². The number of amides is 2. The van der Waals surface area contributed by atoms with Gasteiger partial charge in [0.15, 0.2) is 5.82 Å². The Morgan fingerprint density at radius 1 is 1.45 bits per heavy atom. The van der Waals surface area contributed by atoms with E-state index in [-0.39, 0.29) is 6.54 Å². The Hall–Kier alpha value is -2.12. The topological polar surface area (TPSA) is 117 Å². The van der Waals surface area contributed by atoms with Gasteiger partial charge in [-0.2, -0.15) is 4.98 Å². The lowest BCUT2D eigenvalue weighted by Gasteiger charge is -2.25. The van der Waals surface area contributed by atoms with E-state index in [1.165, 1.54) is 6.92 Å². The SMILES string of the molecule is CCCC(C)(NC(=O)NCCc1nc(C)no1)C(=O)O. The highest BCUT2D eigenvalue weighted by atomic mass is 16.5. The van der Waals surface area contributed by atoms with Crippen molar-refractivity contribution in [3.8, 4) is 0 Å². The van der Waals surface area contributed by atoms with Gasteiger partial charge in [0.1, 0.15) is 5.54 Å². The van der Waals surface area contributed by atoms with E-state index in [9.17, 15) is 9.59 Å². The van der Waals surface area contributed by atoms with Crippen molar-refractivity contribution in [1.82, 2.24) is 20.8 Å². The van der Waals surface area contributed by atoms with E-state index in [1.807, 2.05) is 6.92 Å². The molecule has 0 aliphatic carbocycles. The van der Waals surface area contributed by atoms with Crippen molar-refractivity contribution in [3.63, 3.8) is 0 Å². The molecule has 1 heterocycles. The predicted molar refractivity (Wildman–Crippen MR) is 70.2 cm³/mol. The van der Waals surface area contributed by atoms with E-state index >= 15 is 0 Å². The molecule has 8 heteroatoms. The molecule has 0 bridgehead atoms. The third-order valence-electron chi connectivity index (χ3n) is 2.81. The summed E-state index contributed by atoms with van der Waals surface area (Å²) in [5, 5.41) is 17.8. The summed E-state index contributed by atoms with van der Waals surface area (Å²) in [4.78, 5) is 26.8. The van der Waals surface area contributed by atoms with Crippen molar-refractivity contribution in [1.29, 1.82) is 0 Å². The molecule has 20 heavy (non-hydrogen) atoms. The van der Waals surface area contributed by atoms with Crippen LogP contribution in [0.15, 0.2) is 4.52 Å². The number of hydrogen-bond acceptors (Lipinski definition) is 5. The Bertz CT molecular complexity index is 474. The van der Waals surface area contributed by atoms with Gasteiger partial charge in [0, 0.05) is 13.0 Å². The molecule has 1 aromatic rings. The average molecular weight is 284 g/mol. The van der Waals surface area contributed by atoms with Gasteiger partial charge in [0.2, 0.25) is 5.89 Å². The molecule has 112 valence electrons. The fourth-order valence-electron chi connectivity index (χ4n) is 1.74. The van der Waals surface area contributed by atoms with Gasteiger partial charge in [0.05, 0.1) is 0 Å². The molecule has 3 N–H and O–H groups in total. The van der Waals surface area contributed by atoms with Crippen molar-refractivity contribution in [2.75, 3.05) is 6.54 Å². The van der Waals surface area contributed by atoms with E-state index in [0.29, 0.717) is 31.0 Å². The molecule has 1 atom stereocenters.